The summed E-state index contributed by atoms with van der Waals surface area (Å²) in [6.07, 6.45) is 7.41. The lowest BCUT2D eigenvalue weighted by Crippen LogP contribution is -2.45. The summed E-state index contributed by atoms with van der Waals surface area (Å²) in [4.78, 5) is 18.9. The summed E-state index contributed by atoms with van der Waals surface area (Å²) >= 11 is 0. The second-order valence-corrected chi connectivity index (χ2v) is 7.56. The summed E-state index contributed by atoms with van der Waals surface area (Å²) in [6.45, 7) is 3.18. The van der Waals surface area contributed by atoms with E-state index in [0.29, 0.717) is 0 Å². The van der Waals surface area contributed by atoms with Gasteiger partial charge >= 0.3 is 0 Å². The highest BCUT2D eigenvalue weighted by Gasteiger charge is 2.25. The smallest absolute Gasteiger partial charge is 0.265 e. The van der Waals surface area contributed by atoms with Crippen molar-refractivity contribution in [1.82, 2.24) is 9.80 Å². The molecule has 0 spiro atoms. The molecule has 1 aliphatic heterocycles. The van der Waals surface area contributed by atoms with Gasteiger partial charge in [0.2, 0.25) is 0 Å². The molecule has 1 aromatic carbocycles. The summed E-state index contributed by atoms with van der Waals surface area (Å²) in [5.74, 6) is 0.718. The number of amides is 1. The Balaban J connectivity index is 1.61. The highest BCUT2D eigenvalue weighted by molar-refractivity contribution is 5.97. The van der Waals surface area contributed by atoms with Gasteiger partial charge in [-0.05, 0) is 25.0 Å². The summed E-state index contributed by atoms with van der Waals surface area (Å²) in [5.41, 5.74) is 1.32. The van der Waals surface area contributed by atoms with Crippen LogP contribution in [0, 0.1) is 11.3 Å². The van der Waals surface area contributed by atoms with Crippen LogP contribution in [0.1, 0.15) is 32.1 Å². The van der Waals surface area contributed by atoms with Gasteiger partial charge in [0.05, 0.1) is 12.8 Å². The predicted molar refractivity (Wildman–Crippen MR) is 110 cm³/mol. The van der Waals surface area contributed by atoms with Crippen molar-refractivity contribution in [2.45, 2.75) is 38.1 Å². The largest absolute Gasteiger partial charge is 0.495 e. The Morgan fingerprint density at radius 2 is 1.86 bits per heavy atom. The van der Waals surface area contributed by atoms with Gasteiger partial charge in [0, 0.05) is 45.5 Å². The first-order valence-corrected chi connectivity index (χ1v) is 10.1. The molecule has 0 N–H and O–H groups in total. The standard InChI is InChI=1S/C22H30N4O2/c1-24(19-8-4-3-5-9-19)22(27)18(16-23)17-25-12-14-26(15-13-25)20-10-6-7-11-21(20)28-2/h6-7,10-11,17,19H,3-5,8-9,12-15H2,1-2H3/b18-17-. The maximum atomic E-state index is 12.8. The van der Waals surface area contributed by atoms with E-state index < -0.39 is 0 Å². The number of hydrogen-bond acceptors (Lipinski definition) is 5. The summed E-state index contributed by atoms with van der Waals surface area (Å²) in [6, 6.07) is 10.4. The number of nitriles is 1. The molecule has 1 saturated heterocycles. The van der Waals surface area contributed by atoms with Gasteiger partial charge in [-0.3, -0.25) is 4.79 Å². The maximum Gasteiger partial charge on any atom is 0.265 e. The van der Waals surface area contributed by atoms with Crippen LogP contribution >= 0.6 is 0 Å². The average Bonchev–Trinajstić information content (AvgIpc) is 2.77. The molecule has 1 amide bonds. The van der Waals surface area contributed by atoms with Crippen molar-refractivity contribution in [3.63, 3.8) is 0 Å². The zero-order chi connectivity index (χ0) is 19.9. The zero-order valence-corrected chi connectivity index (χ0v) is 16.9. The number of ether oxygens (including phenoxy) is 1. The Labute approximate surface area is 168 Å². The molecular weight excluding hydrogens is 352 g/mol. The fourth-order valence-corrected chi connectivity index (χ4v) is 4.12. The summed E-state index contributed by atoms with van der Waals surface area (Å²) in [5, 5.41) is 9.55. The Hall–Kier alpha value is -2.68. The number of methoxy groups -OCH3 is 1. The molecule has 0 atom stereocenters. The fourth-order valence-electron chi connectivity index (χ4n) is 4.12. The number of piperazine rings is 1. The van der Waals surface area contributed by atoms with Crippen LogP contribution in [0.3, 0.4) is 0 Å². The van der Waals surface area contributed by atoms with E-state index in [1.54, 1.807) is 18.2 Å². The Morgan fingerprint density at radius 1 is 1.18 bits per heavy atom. The minimum atomic E-state index is -0.151. The quantitative estimate of drug-likeness (QED) is 0.579. The van der Waals surface area contributed by atoms with Crippen molar-refractivity contribution >= 4 is 11.6 Å². The number of carbonyl (C=O) groups is 1. The number of likely N-dealkylation sites (N-methyl/N-ethyl adjacent to an activating group) is 1. The minimum absolute atomic E-state index is 0.151. The van der Waals surface area contributed by atoms with E-state index >= 15 is 0 Å². The number of carbonyl (C=O) groups excluding carboxylic acids is 1. The van der Waals surface area contributed by atoms with Gasteiger partial charge in [0.1, 0.15) is 17.4 Å². The third kappa shape index (κ3) is 4.59. The Bertz CT molecular complexity index is 741. The molecule has 6 nitrogen and oxygen atoms in total. The molecule has 1 aromatic rings. The van der Waals surface area contributed by atoms with Crippen molar-refractivity contribution in [2.75, 3.05) is 45.2 Å². The SMILES string of the molecule is COc1ccccc1N1CCN(/C=C(/C#N)C(=O)N(C)C2CCCCC2)CC1. The number of nitrogens with zero attached hydrogens (tertiary/aromatic N) is 4. The molecule has 1 aliphatic carbocycles. The monoisotopic (exact) mass is 382 g/mol. The van der Waals surface area contributed by atoms with Crippen LogP contribution in [0.2, 0.25) is 0 Å². The van der Waals surface area contributed by atoms with Crippen LogP contribution in [0.15, 0.2) is 36.0 Å². The van der Waals surface area contributed by atoms with E-state index in [1.807, 2.05) is 25.2 Å². The van der Waals surface area contributed by atoms with Crippen molar-refractivity contribution in [2.24, 2.45) is 0 Å². The molecule has 0 bridgehead atoms. The lowest BCUT2D eigenvalue weighted by Gasteiger charge is -2.36. The van der Waals surface area contributed by atoms with Crippen molar-refractivity contribution in [3.8, 4) is 11.8 Å². The molecule has 1 heterocycles. The molecule has 6 heteroatoms. The van der Waals surface area contributed by atoms with Gasteiger partial charge < -0.3 is 19.4 Å². The van der Waals surface area contributed by atoms with E-state index in [1.165, 1.54) is 19.3 Å². The van der Waals surface area contributed by atoms with Crippen LogP contribution in [0.25, 0.3) is 0 Å². The third-order valence-electron chi connectivity index (χ3n) is 5.85. The lowest BCUT2D eigenvalue weighted by molar-refractivity contribution is -0.128. The first kappa shape index (κ1) is 20.1. The van der Waals surface area contributed by atoms with Gasteiger partial charge in [-0.1, -0.05) is 31.4 Å². The van der Waals surface area contributed by atoms with Gasteiger partial charge in [-0.2, -0.15) is 5.26 Å². The number of benzene rings is 1. The van der Waals surface area contributed by atoms with Crippen LogP contribution in [0.4, 0.5) is 5.69 Å². The molecule has 28 heavy (non-hydrogen) atoms. The summed E-state index contributed by atoms with van der Waals surface area (Å²) in [7, 11) is 3.52. The van der Waals surface area contributed by atoms with Crippen molar-refractivity contribution in [3.05, 3.63) is 36.0 Å². The van der Waals surface area contributed by atoms with Crippen LogP contribution < -0.4 is 9.64 Å². The molecule has 0 radical (unpaired) electrons. The fraction of sp³-hybridized carbons (Fsp3) is 0.545. The highest BCUT2D eigenvalue weighted by atomic mass is 16.5. The average molecular weight is 383 g/mol. The predicted octanol–water partition coefficient (Wildman–Crippen LogP) is 3.02. The number of rotatable bonds is 5. The number of para-hydroxylation sites is 2. The van der Waals surface area contributed by atoms with E-state index in [4.69, 9.17) is 4.74 Å². The van der Waals surface area contributed by atoms with Gasteiger partial charge in [0.15, 0.2) is 0 Å². The van der Waals surface area contributed by atoms with Crippen molar-refractivity contribution in [1.29, 1.82) is 5.26 Å². The molecule has 150 valence electrons. The third-order valence-corrected chi connectivity index (χ3v) is 5.85. The topological polar surface area (TPSA) is 59.8 Å². The molecule has 3 rings (SSSR count). The Kier molecular flexibility index (Phi) is 6.80. The lowest BCUT2D eigenvalue weighted by atomic mass is 9.94. The number of hydrogen-bond donors (Lipinski definition) is 0. The first-order chi connectivity index (χ1) is 13.6. The normalized spacial score (nSPS) is 18.5. The van der Waals surface area contributed by atoms with E-state index in [9.17, 15) is 10.1 Å². The van der Waals surface area contributed by atoms with E-state index in [2.05, 4.69) is 21.9 Å². The second-order valence-electron chi connectivity index (χ2n) is 7.56. The maximum absolute atomic E-state index is 12.8. The van der Waals surface area contributed by atoms with Crippen LogP contribution in [-0.4, -0.2) is 62.1 Å². The molecule has 2 fully saturated rings. The molecule has 2 aliphatic rings. The Morgan fingerprint density at radius 3 is 2.50 bits per heavy atom. The van der Waals surface area contributed by atoms with E-state index in [0.717, 1.165) is 50.5 Å². The van der Waals surface area contributed by atoms with Crippen LogP contribution in [0.5, 0.6) is 5.75 Å². The van der Waals surface area contributed by atoms with Crippen molar-refractivity contribution < 1.29 is 9.53 Å². The second kappa shape index (κ2) is 9.50. The van der Waals surface area contributed by atoms with E-state index in [-0.39, 0.29) is 17.5 Å². The molecular formula is C22H30N4O2. The van der Waals surface area contributed by atoms with Gasteiger partial charge in [-0.25, -0.2) is 0 Å². The van der Waals surface area contributed by atoms with Gasteiger partial charge in [-0.15, -0.1) is 0 Å². The molecule has 1 saturated carbocycles. The number of anilines is 1. The van der Waals surface area contributed by atoms with Crippen LogP contribution in [-0.2, 0) is 4.79 Å². The summed E-state index contributed by atoms with van der Waals surface area (Å²) < 4.78 is 5.46. The zero-order valence-electron chi connectivity index (χ0n) is 16.9. The van der Waals surface area contributed by atoms with Gasteiger partial charge in [0.25, 0.3) is 5.91 Å². The minimum Gasteiger partial charge on any atom is -0.495 e. The molecule has 0 aromatic heterocycles. The highest BCUT2D eigenvalue weighted by Crippen LogP contribution is 2.28. The molecule has 0 unspecified atom stereocenters. The first-order valence-electron chi connectivity index (χ1n) is 10.1.